The van der Waals surface area contributed by atoms with Gasteiger partial charge in [0.25, 0.3) is 5.56 Å². The van der Waals surface area contributed by atoms with Gasteiger partial charge < -0.3 is 10.6 Å². The molecule has 1 aromatic heterocycles. The molecule has 25 heavy (non-hydrogen) atoms. The van der Waals surface area contributed by atoms with E-state index >= 15 is 0 Å². The van der Waals surface area contributed by atoms with Crippen LogP contribution >= 0.6 is 0 Å². The summed E-state index contributed by atoms with van der Waals surface area (Å²) in [5.41, 5.74) is 7.62. The third-order valence-electron chi connectivity index (χ3n) is 4.75. The zero-order valence-corrected chi connectivity index (χ0v) is 15.1. The summed E-state index contributed by atoms with van der Waals surface area (Å²) in [6.07, 6.45) is 5.25. The Kier molecular flexibility index (Phi) is 4.65. The molecule has 2 aliphatic rings. The summed E-state index contributed by atoms with van der Waals surface area (Å²) in [5, 5.41) is 0. The second-order valence-corrected chi connectivity index (χ2v) is 6.39. The first-order valence-corrected chi connectivity index (χ1v) is 8.85. The Hall–Kier alpha value is -2.57. The van der Waals surface area contributed by atoms with Crippen molar-refractivity contribution in [1.29, 1.82) is 0 Å². The molecular weight excluding hydrogens is 318 g/mol. The number of aromatic nitrogens is 2. The first-order valence-electron chi connectivity index (χ1n) is 8.85. The number of hydrogen-bond acceptors (Lipinski definition) is 5. The number of nitrogens with two attached hydrogens (primary N) is 1. The van der Waals surface area contributed by atoms with Crippen LogP contribution in [0.3, 0.4) is 0 Å². The van der Waals surface area contributed by atoms with Crippen molar-refractivity contribution in [1.82, 2.24) is 9.36 Å². The van der Waals surface area contributed by atoms with E-state index in [0.29, 0.717) is 35.8 Å². The van der Waals surface area contributed by atoms with Crippen LogP contribution in [-0.4, -0.2) is 33.9 Å². The predicted octanol–water partition coefficient (Wildman–Crippen LogP) is 1.73. The van der Waals surface area contributed by atoms with Crippen LogP contribution < -0.4 is 16.2 Å². The molecule has 7 nitrogen and oxygen atoms in total. The maximum atomic E-state index is 12.9. The van der Waals surface area contributed by atoms with Crippen LogP contribution in [0.4, 0.5) is 11.5 Å². The van der Waals surface area contributed by atoms with Crippen molar-refractivity contribution in [2.75, 3.05) is 18.0 Å². The minimum Gasteiger partial charge on any atom is -0.397 e. The molecular formula is C18H25N5O2. The van der Waals surface area contributed by atoms with Crippen molar-refractivity contribution in [3.8, 4) is 0 Å². The molecule has 7 heteroatoms. The van der Waals surface area contributed by atoms with Gasteiger partial charge in [0.2, 0.25) is 0 Å². The molecule has 1 saturated heterocycles. The van der Waals surface area contributed by atoms with Crippen LogP contribution in [0.25, 0.3) is 0 Å². The Labute approximate surface area is 147 Å². The molecule has 0 unspecified atom stereocenters. The molecule has 0 aromatic carbocycles. The average Bonchev–Trinajstić information content (AvgIpc) is 3.19. The summed E-state index contributed by atoms with van der Waals surface area (Å²) in [6.45, 7) is 8.82. The highest BCUT2D eigenvalue weighted by Gasteiger charge is 2.26. The van der Waals surface area contributed by atoms with Crippen molar-refractivity contribution < 1.29 is 4.79 Å². The molecule has 0 atom stereocenters. The lowest BCUT2D eigenvalue weighted by molar-refractivity contribution is -0.111. The van der Waals surface area contributed by atoms with Crippen molar-refractivity contribution in [2.24, 2.45) is 10.7 Å². The zero-order valence-electron chi connectivity index (χ0n) is 15.1. The van der Waals surface area contributed by atoms with Crippen molar-refractivity contribution in [2.45, 2.75) is 46.7 Å². The topological polar surface area (TPSA) is 85.6 Å². The summed E-state index contributed by atoms with van der Waals surface area (Å²) in [6, 6.07) is 0. The van der Waals surface area contributed by atoms with E-state index in [0.717, 1.165) is 31.7 Å². The van der Waals surface area contributed by atoms with Crippen LogP contribution in [0.1, 0.15) is 33.6 Å². The molecule has 1 aromatic rings. The number of ketones is 1. The van der Waals surface area contributed by atoms with Gasteiger partial charge in [0.05, 0.1) is 11.4 Å². The van der Waals surface area contributed by atoms with Gasteiger partial charge in [0.15, 0.2) is 17.3 Å². The average molecular weight is 343 g/mol. The minimum absolute atomic E-state index is 0.116. The van der Waals surface area contributed by atoms with Gasteiger partial charge in [0, 0.05) is 32.3 Å². The van der Waals surface area contributed by atoms with Crippen LogP contribution in [0, 0.1) is 0 Å². The van der Waals surface area contributed by atoms with Crippen LogP contribution in [0.15, 0.2) is 33.2 Å². The van der Waals surface area contributed by atoms with Crippen LogP contribution in [0.2, 0.25) is 0 Å². The third-order valence-corrected chi connectivity index (χ3v) is 4.75. The fourth-order valence-electron chi connectivity index (χ4n) is 3.44. The van der Waals surface area contributed by atoms with Gasteiger partial charge >= 0.3 is 0 Å². The van der Waals surface area contributed by atoms with Gasteiger partial charge in [0.1, 0.15) is 0 Å². The van der Waals surface area contributed by atoms with E-state index in [-0.39, 0.29) is 11.3 Å². The van der Waals surface area contributed by atoms with E-state index < -0.39 is 0 Å². The Morgan fingerprint density at radius 1 is 1.08 bits per heavy atom. The smallest absolute Gasteiger partial charge is 0.294 e. The Balaban J connectivity index is 2.20. The summed E-state index contributed by atoms with van der Waals surface area (Å²) >= 11 is 0. The molecule has 3 rings (SSSR count). The highest BCUT2D eigenvalue weighted by Crippen LogP contribution is 2.30. The lowest BCUT2D eigenvalue weighted by Gasteiger charge is -2.21. The van der Waals surface area contributed by atoms with Crippen molar-refractivity contribution >= 4 is 23.0 Å². The van der Waals surface area contributed by atoms with E-state index in [1.165, 1.54) is 6.08 Å². The number of hydrogen-bond donors (Lipinski definition) is 1. The molecule has 1 aliphatic heterocycles. The molecule has 0 saturated carbocycles. The molecule has 0 spiro atoms. The second-order valence-electron chi connectivity index (χ2n) is 6.39. The lowest BCUT2D eigenvalue weighted by Crippen LogP contribution is -2.25. The van der Waals surface area contributed by atoms with Gasteiger partial charge in [-0.2, -0.15) is 0 Å². The maximum absolute atomic E-state index is 12.9. The number of allylic oxidation sites excluding steroid dienone is 3. The molecule has 0 radical (unpaired) electrons. The molecule has 1 fully saturated rings. The number of carbonyl (C=O) groups is 1. The van der Waals surface area contributed by atoms with E-state index in [1.54, 1.807) is 17.7 Å². The number of carbonyl (C=O) groups excluding carboxylic acids is 1. The van der Waals surface area contributed by atoms with Crippen molar-refractivity contribution in [3.05, 3.63) is 33.8 Å². The summed E-state index contributed by atoms with van der Waals surface area (Å²) in [7, 11) is 0. The normalized spacial score (nSPS) is 19.6. The second kappa shape index (κ2) is 6.74. The van der Waals surface area contributed by atoms with E-state index in [4.69, 9.17) is 5.73 Å². The molecule has 2 heterocycles. The number of anilines is 1. The summed E-state index contributed by atoms with van der Waals surface area (Å²) in [5.74, 6) is 0.739. The minimum atomic E-state index is -0.117. The number of rotatable bonds is 4. The zero-order chi connectivity index (χ0) is 18.1. The van der Waals surface area contributed by atoms with Crippen LogP contribution in [0.5, 0.6) is 0 Å². The molecule has 1 aliphatic carbocycles. The van der Waals surface area contributed by atoms with E-state index in [1.807, 2.05) is 18.5 Å². The summed E-state index contributed by atoms with van der Waals surface area (Å²) < 4.78 is 3.72. The highest BCUT2D eigenvalue weighted by molar-refractivity contribution is 6.22. The largest absolute Gasteiger partial charge is 0.397 e. The molecule has 0 bridgehead atoms. The first kappa shape index (κ1) is 17.3. The Bertz CT molecular complexity index is 848. The standard InChI is InChI=1S/C18H25N5O2/c1-4-22-17(21-8-6-7-9-21)16(18(25)23(22)5-2)20-14-10-12(3)15(24)11-13(14)19/h10-11H,4-9,19H2,1-3H3/b20-14-. The Morgan fingerprint density at radius 2 is 1.72 bits per heavy atom. The predicted molar refractivity (Wildman–Crippen MR) is 99.6 cm³/mol. The fourth-order valence-corrected chi connectivity index (χ4v) is 3.44. The van der Waals surface area contributed by atoms with Gasteiger partial charge in [-0.05, 0) is 45.3 Å². The molecule has 134 valence electrons. The Morgan fingerprint density at radius 3 is 2.32 bits per heavy atom. The van der Waals surface area contributed by atoms with Crippen LogP contribution in [-0.2, 0) is 17.9 Å². The summed E-state index contributed by atoms with van der Waals surface area (Å²) in [4.78, 5) is 31.5. The van der Waals surface area contributed by atoms with E-state index in [2.05, 4.69) is 9.89 Å². The molecule has 0 amide bonds. The number of aliphatic imine (C=N–C) groups is 1. The van der Waals surface area contributed by atoms with Gasteiger partial charge in [-0.15, -0.1) is 0 Å². The van der Waals surface area contributed by atoms with E-state index in [9.17, 15) is 9.59 Å². The first-order chi connectivity index (χ1) is 12.0. The van der Waals surface area contributed by atoms with Gasteiger partial charge in [-0.1, -0.05) is 0 Å². The maximum Gasteiger partial charge on any atom is 0.294 e. The van der Waals surface area contributed by atoms with Gasteiger partial charge in [-0.3, -0.25) is 14.3 Å². The lowest BCUT2D eigenvalue weighted by atomic mass is 10.0. The number of nitrogens with zero attached hydrogens (tertiary/aromatic N) is 4. The quantitative estimate of drug-likeness (QED) is 0.844. The monoisotopic (exact) mass is 343 g/mol. The van der Waals surface area contributed by atoms with Gasteiger partial charge in [-0.25, -0.2) is 9.67 Å². The van der Waals surface area contributed by atoms with Crippen molar-refractivity contribution in [3.63, 3.8) is 0 Å². The highest BCUT2D eigenvalue weighted by atomic mass is 16.1. The third kappa shape index (κ3) is 2.94. The SMILES string of the molecule is CCn1c(N2CCCC2)c(/N=C2/C=C(C)C(=O)C=C2N)c(=O)n1CC. The fraction of sp³-hybridized carbons (Fsp3) is 0.500. The molecule has 2 N–H and O–H groups in total.